The Kier molecular flexibility index (Phi) is 2.15. The zero-order chi connectivity index (χ0) is 8.39. The lowest BCUT2D eigenvalue weighted by molar-refractivity contribution is 0.732. The molecule has 0 saturated heterocycles. The Hall–Kier alpha value is -0.800. The highest BCUT2D eigenvalue weighted by Crippen LogP contribution is 2.17. The summed E-state index contributed by atoms with van der Waals surface area (Å²) in [5.74, 6) is 0. The first-order chi connectivity index (χ1) is 5.86. The molecule has 1 aromatic carbocycles. The zero-order valence-corrected chi connectivity index (χ0v) is 7.93. The van der Waals surface area contributed by atoms with E-state index in [-0.39, 0.29) is 0 Å². The summed E-state index contributed by atoms with van der Waals surface area (Å²) >= 11 is 3.39. The van der Waals surface area contributed by atoms with Gasteiger partial charge in [0.1, 0.15) is 6.04 Å². The van der Waals surface area contributed by atoms with E-state index in [1.165, 1.54) is 5.56 Å². The summed E-state index contributed by atoms with van der Waals surface area (Å²) in [4.78, 5) is 0. The van der Waals surface area contributed by atoms with Crippen molar-refractivity contribution in [3.63, 3.8) is 0 Å². The molecule has 1 aliphatic rings. The molecule has 12 heavy (non-hydrogen) atoms. The second-order valence-corrected chi connectivity index (χ2v) is 3.44. The largest absolute Gasteiger partial charge is 0.328 e. The van der Waals surface area contributed by atoms with Crippen LogP contribution in [0.5, 0.6) is 0 Å². The van der Waals surface area contributed by atoms with Crippen molar-refractivity contribution in [2.24, 2.45) is 0 Å². The molecule has 0 unspecified atom stereocenters. The van der Waals surface area contributed by atoms with Crippen molar-refractivity contribution in [2.75, 3.05) is 0 Å². The van der Waals surface area contributed by atoms with E-state index in [1.807, 2.05) is 24.4 Å². The van der Waals surface area contributed by atoms with Crippen molar-refractivity contribution in [1.29, 1.82) is 0 Å². The van der Waals surface area contributed by atoms with Crippen molar-refractivity contribution in [1.82, 2.24) is 10.9 Å². The minimum Gasteiger partial charge on any atom is -0.328 e. The Balaban J connectivity index is 2.23. The molecular weight excluding hydrogens is 216 g/mol. The van der Waals surface area contributed by atoms with Gasteiger partial charge in [-0.3, -0.25) is 0 Å². The maximum absolute atomic E-state index is 3.39. The number of halogens is 1. The molecule has 0 fully saturated rings. The van der Waals surface area contributed by atoms with E-state index >= 15 is 0 Å². The zero-order valence-electron chi connectivity index (χ0n) is 6.34. The number of hydrazine groups is 1. The van der Waals surface area contributed by atoms with Gasteiger partial charge in [-0.15, -0.1) is 0 Å². The number of benzene rings is 1. The van der Waals surface area contributed by atoms with Crippen molar-refractivity contribution in [3.05, 3.63) is 52.6 Å². The molecule has 1 heterocycles. The average Bonchev–Trinajstić information content (AvgIpc) is 2.58. The Morgan fingerprint density at radius 3 is 2.42 bits per heavy atom. The van der Waals surface area contributed by atoms with Crippen LogP contribution in [0.15, 0.2) is 41.0 Å². The summed E-state index contributed by atoms with van der Waals surface area (Å²) < 4.78 is 1.10. The Bertz CT molecular complexity index is 292. The predicted molar refractivity (Wildman–Crippen MR) is 51.9 cm³/mol. The first-order valence-corrected chi connectivity index (χ1v) is 4.46. The minimum absolute atomic E-state index is 1.10. The number of rotatable bonds is 1. The van der Waals surface area contributed by atoms with E-state index in [0.29, 0.717) is 0 Å². The Morgan fingerprint density at radius 1 is 1.08 bits per heavy atom. The summed E-state index contributed by atoms with van der Waals surface area (Å²) in [6, 6.07) is 9.27. The molecule has 2 nitrogen and oxygen atoms in total. The van der Waals surface area contributed by atoms with Crippen LogP contribution in [0.3, 0.4) is 0 Å². The highest BCUT2D eigenvalue weighted by Gasteiger charge is 2.10. The standard InChI is InChI=1S/C9H8BrN2/c10-8-3-1-7(2-4-8)9-5-6-11-12-9/h1-6,11-12H. The third-order valence-electron chi connectivity index (χ3n) is 1.70. The molecule has 0 spiro atoms. The van der Waals surface area contributed by atoms with Crippen LogP contribution in [-0.2, 0) is 0 Å². The Morgan fingerprint density at radius 2 is 1.83 bits per heavy atom. The molecule has 0 saturated carbocycles. The van der Waals surface area contributed by atoms with Gasteiger partial charge in [-0.1, -0.05) is 28.1 Å². The van der Waals surface area contributed by atoms with Crippen LogP contribution in [-0.4, -0.2) is 0 Å². The quantitative estimate of drug-likeness (QED) is 0.761. The number of nitrogens with one attached hydrogen (secondary N) is 2. The van der Waals surface area contributed by atoms with Crippen molar-refractivity contribution in [2.45, 2.75) is 0 Å². The van der Waals surface area contributed by atoms with E-state index in [0.717, 1.165) is 10.5 Å². The molecule has 61 valence electrons. The summed E-state index contributed by atoms with van der Waals surface area (Å²) in [7, 11) is 0. The van der Waals surface area contributed by atoms with Gasteiger partial charge in [0.25, 0.3) is 0 Å². The molecule has 1 aliphatic heterocycles. The Labute approximate surface area is 79.8 Å². The van der Waals surface area contributed by atoms with E-state index < -0.39 is 0 Å². The average molecular weight is 224 g/mol. The predicted octanol–water partition coefficient (Wildman–Crippen LogP) is 1.95. The fraction of sp³-hybridized carbons (Fsp3) is 0. The van der Waals surface area contributed by atoms with Crippen molar-refractivity contribution in [3.8, 4) is 0 Å². The van der Waals surface area contributed by atoms with Crippen LogP contribution in [0, 0.1) is 6.04 Å². The van der Waals surface area contributed by atoms with Gasteiger partial charge < -0.3 is 5.43 Å². The third kappa shape index (κ3) is 1.52. The lowest BCUT2D eigenvalue weighted by Crippen LogP contribution is -2.24. The van der Waals surface area contributed by atoms with Crippen LogP contribution in [0.2, 0.25) is 0 Å². The van der Waals surface area contributed by atoms with Gasteiger partial charge in [-0.2, -0.15) is 0 Å². The van der Waals surface area contributed by atoms with Gasteiger partial charge in [0, 0.05) is 10.7 Å². The molecular formula is C9H8BrN2. The van der Waals surface area contributed by atoms with Gasteiger partial charge in [0.05, 0.1) is 0 Å². The highest BCUT2D eigenvalue weighted by molar-refractivity contribution is 9.10. The summed E-state index contributed by atoms with van der Waals surface area (Å²) in [5.41, 5.74) is 7.12. The molecule has 1 aromatic rings. The van der Waals surface area contributed by atoms with Crippen LogP contribution >= 0.6 is 15.9 Å². The van der Waals surface area contributed by atoms with E-state index in [9.17, 15) is 0 Å². The van der Waals surface area contributed by atoms with Gasteiger partial charge in [0.15, 0.2) is 0 Å². The molecule has 0 amide bonds. The van der Waals surface area contributed by atoms with Crippen LogP contribution in [0.1, 0.15) is 5.56 Å². The number of hydrogen-bond donors (Lipinski definition) is 2. The van der Waals surface area contributed by atoms with Gasteiger partial charge in [-0.25, -0.2) is 5.43 Å². The monoisotopic (exact) mass is 223 g/mol. The molecule has 0 bridgehead atoms. The first kappa shape index (κ1) is 7.83. The van der Waals surface area contributed by atoms with Crippen LogP contribution < -0.4 is 10.9 Å². The molecule has 1 radical (unpaired) electrons. The van der Waals surface area contributed by atoms with Crippen molar-refractivity contribution >= 4 is 15.9 Å². The van der Waals surface area contributed by atoms with Crippen LogP contribution in [0.4, 0.5) is 0 Å². The molecule has 2 rings (SSSR count). The molecule has 3 heteroatoms. The molecule has 0 aliphatic carbocycles. The highest BCUT2D eigenvalue weighted by atomic mass is 79.9. The van der Waals surface area contributed by atoms with E-state index in [4.69, 9.17) is 0 Å². The maximum Gasteiger partial charge on any atom is 0.109 e. The van der Waals surface area contributed by atoms with Crippen LogP contribution in [0.25, 0.3) is 0 Å². The minimum atomic E-state index is 1.10. The fourth-order valence-corrected chi connectivity index (χ4v) is 1.35. The van der Waals surface area contributed by atoms with Gasteiger partial charge in [0.2, 0.25) is 0 Å². The van der Waals surface area contributed by atoms with E-state index in [2.05, 4.69) is 38.9 Å². The summed E-state index contributed by atoms with van der Waals surface area (Å²) in [6.45, 7) is 0. The lowest BCUT2D eigenvalue weighted by Gasteiger charge is -2.07. The maximum atomic E-state index is 3.39. The van der Waals surface area contributed by atoms with Crippen molar-refractivity contribution < 1.29 is 0 Å². The molecule has 0 aromatic heterocycles. The smallest absolute Gasteiger partial charge is 0.109 e. The fourth-order valence-electron chi connectivity index (χ4n) is 1.08. The normalized spacial score (nSPS) is 16.4. The topological polar surface area (TPSA) is 24.1 Å². The second kappa shape index (κ2) is 3.29. The molecule has 2 N–H and O–H groups in total. The molecule has 0 atom stereocenters. The number of hydrogen-bond acceptors (Lipinski definition) is 2. The lowest BCUT2D eigenvalue weighted by atomic mass is 10.1. The van der Waals surface area contributed by atoms with Gasteiger partial charge in [-0.05, 0) is 23.8 Å². The first-order valence-electron chi connectivity index (χ1n) is 3.67. The van der Waals surface area contributed by atoms with Gasteiger partial charge >= 0.3 is 0 Å². The third-order valence-corrected chi connectivity index (χ3v) is 2.22. The SMILES string of the molecule is Brc1ccc([C]2C=CNN2)cc1. The summed E-state index contributed by atoms with van der Waals surface area (Å²) in [5, 5.41) is 0. The second-order valence-electron chi connectivity index (χ2n) is 2.52. The van der Waals surface area contributed by atoms with E-state index in [1.54, 1.807) is 0 Å². The summed E-state index contributed by atoms with van der Waals surface area (Å²) in [6.07, 6.45) is 3.88.